The van der Waals surface area contributed by atoms with Crippen LogP contribution >= 0.6 is 11.6 Å². The second kappa shape index (κ2) is 11.2. The van der Waals surface area contributed by atoms with Crippen molar-refractivity contribution in [2.45, 2.75) is 44.1 Å². The molecule has 4 heterocycles. The number of likely N-dealkylation sites (tertiary alicyclic amines) is 1. The van der Waals surface area contributed by atoms with Crippen LogP contribution < -0.4 is 14.5 Å². The third kappa shape index (κ3) is 4.42. The minimum absolute atomic E-state index is 0.248. The molecule has 4 aliphatic rings. The number of benzene rings is 2. The van der Waals surface area contributed by atoms with E-state index in [0.29, 0.717) is 41.7 Å². The van der Waals surface area contributed by atoms with Gasteiger partial charge in [0.05, 0.1) is 37.2 Å². The zero-order valence-electron chi connectivity index (χ0n) is 23.6. The SMILES string of the molecule is CCOc1ccc(N2CC=C[C@@H]3O[C@]45C=CCN(c6ccc(Cl)cc6)C(=O)C4N([C@@H](CC)CO)C(=O)[C@@H]5[C@@H]3C2=O)cc1. The summed E-state index contributed by atoms with van der Waals surface area (Å²) in [6.45, 7) is 4.55. The van der Waals surface area contributed by atoms with Crippen molar-refractivity contribution in [3.63, 3.8) is 0 Å². The number of amides is 3. The lowest BCUT2D eigenvalue weighted by Gasteiger charge is -2.38. The maximum Gasteiger partial charge on any atom is 0.253 e. The summed E-state index contributed by atoms with van der Waals surface area (Å²) in [6.07, 6.45) is 7.08. The quantitative estimate of drug-likeness (QED) is 0.494. The molecule has 1 N–H and O–H groups in total. The Kier molecular flexibility index (Phi) is 7.59. The Labute approximate surface area is 249 Å². The number of hydrogen-bond acceptors (Lipinski definition) is 6. The van der Waals surface area contributed by atoms with E-state index in [1.807, 2.05) is 56.3 Å². The minimum Gasteiger partial charge on any atom is -0.494 e. The van der Waals surface area contributed by atoms with E-state index in [-0.39, 0.29) is 30.9 Å². The highest BCUT2D eigenvalue weighted by atomic mass is 35.5. The van der Waals surface area contributed by atoms with Gasteiger partial charge in [-0.15, -0.1) is 0 Å². The first-order valence-corrected chi connectivity index (χ1v) is 14.8. The van der Waals surface area contributed by atoms with Crippen LogP contribution in [0.25, 0.3) is 0 Å². The highest BCUT2D eigenvalue weighted by molar-refractivity contribution is 6.30. The van der Waals surface area contributed by atoms with Crippen molar-refractivity contribution in [2.75, 3.05) is 36.1 Å². The summed E-state index contributed by atoms with van der Waals surface area (Å²) in [5.41, 5.74) is -0.0737. The first-order valence-electron chi connectivity index (χ1n) is 14.4. The van der Waals surface area contributed by atoms with Gasteiger partial charge in [-0.2, -0.15) is 0 Å². The molecular formula is C32H34ClN3O6. The largest absolute Gasteiger partial charge is 0.494 e. The first kappa shape index (κ1) is 28.5. The van der Waals surface area contributed by atoms with E-state index in [0.717, 1.165) is 0 Å². The third-order valence-electron chi connectivity index (χ3n) is 8.77. The molecule has 1 spiro atoms. The Morgan fingerprint density at radius 2 is 1.60 bits per heavy atom. The van der Waals surface area contributed by atoms with Gasteiger partial charge in [0, 0.05) is 29.5 Å². The molecule has 0 bridgehead atoms. The Morgan fingerprint density at radius 3 is 2.24 bits per heavy atom. The summed E-state index contributed by atoms with van der Waals surface area (Å²) in [5, 5.41) is 10.9. The van der Waals surface area contributed by atoms with E-state index >= 15 is 0 Å². The van der Waals surface area contributed by atoms with Gasteiger partial charge < -0.3 is 29.3 Å². The fourth-order valence-electron chi connectivity index (χ4n) is 6.86. The maximum absolute atomic E-state index is 14.4. The first-order chi connectivity index (χ1) is 20.3. The van der Waals surface area contributed by atoms with Gasteiger partial charge in [0.1, 0.15) is 17.4 Å². The Morgan fingerprint density at radius 1 is 0.952 bits per heavy atom. The van der Waals surface area contributed by atoms with Crippen LogP contribution in [0.15, 0.2) is 72.8 Å². The predicted octanol–water partition coefficient (Wildman–Crippen LogP) is 3.60. The fraction of sp³-hybridized carbons (Fsp3) is 0.406. The second-order valence-electron chi connectivity index (χ2n) is 11.0. The number of aliphatic hydroxyl groups is 1. The Bertz CT molecular complexity index is 1420. The van der Waals surface area contributed by atoms with Crippen molar-refractivity contribution in [1.82, 2.24) is 4.90 Å². The van der Waals surface area contributed by atoms with Gasteiger partial charge in [-0.05, 0) is 61.9 Å². The van der Waals surface area contributed by atoms with Crippen molar-refractivity contribution < 1.29 is 29.0 Å². The molecule has 2 saturated heterocycles. The third-order valence-corrected chi connectivity index (χ3v) is 9.02. The van der Waals surface area contributed by atoms with Crippen LogP contribution in [0.2, 0.25) is 5.02 Å². The highest BCUT2D eigenvalue weighted by Gasteiger charge is 2.72. The number of ether oxygens (including phenoxy) is 2. The topological polar surface area (TPSA) is 99.6 Å². The molecule has 42 heavy (non-hydrogen) atoms. The van der Waals surface area contributed by atoms with Gasteiger partial charge in [-0.25, -0.2) is 0 Å². The molecule has 0 aliphatic carbocycles. The van der Waals surface area contributed by atoms with Crippen LogP contribution in [0.4, 0.5) is 11.4 Å². The monoisotopic (exact) mass is 591 g/mol. The standard InChI is InChI=1S/C32H34ClN3O6/c1-3-21(19-37)36-28-31(40)35(22-10-8-20(33)9-11-22)18-6-16-32(28)27(30(36)39)26-25(42-32)7-5-17-34(29(26)38)23-12-14-24(15-13-23)41-4-2/h5-16,21,25-28,37H,3-4,17-19H2,1-2H3/t21-,25-,26+,27-,28?,32-/m0/s1. The van der Waals surface area contributed by atoms with Crippen LogP contribution in [-0.2, 0) is 19.1 Å². The van der Waals surface area contributed by atoms with Crippen molar-refractivity contribution in [3.05, 3.63) is 77.9 Å². The number of hydrogen-bond donors (Lipinski definition) is 1. The van der Waals surface area contributed by atoms with E-state index in [2.05, 4.69) is 0 Å². The molecule has 220 valence electrons. The van der Waals surface area contributed by atoms with Gasteiger partial charge in [-0.1, -0.05) is 42.8 Å². The predicted molar refractivity (Wildman–Crippen MR) is 158 cm³/mol. The van der Waals surface area contributed by atoms with Crippen LogP contribution in [0.5, 0.6) is 5.75 Å². The van der Waals surface area contributed by atoms with E-state index in [1.165, 1.54) is 4.90 Å². The molecule has 0 aromatic heterocycles. The summed E-state index contributed by atoms with van der Waals surface area (Å²) in [6, 6.07) is 12.5. The number of nitrogens with zero attached hydrogens (tertiary/aromatic N) is 3. The van der Waals surface area contributed by atoms with Gasteiger partial charge >= 0.3 is 0 Å². The van der Waals surface area contributed by atoms with E-state index < -0.39 is 35.6 Å². The van der Waals surface area contributed by atoms with Crippen molar-refractivity contribution in [3.8, 4) is 5.75 Å². The van der Waals surface area contributed by atoms with Crippen molar-refractivity contribution in [1.29, 1.82) is 0 Å². The number of carbonyl (C=O) groups excluding carboxylic acids is 3. The molecule has 10 heteroatoms. The Hall–Kier alpha value is -3.66. The molecule has 2 fully saturated rings. The van der Waals surface area contributed by atoms with Crippen molar-refractivity contribution in [2.24, 2.45) is 11.8 Å². The zero-order chi connectivity index (χ0) is 29.6. The smallest absolute Gasteiger partial charge is 0.253 e. The van der Waals surface area contributed by atoms with Gasteiger partial charge in [-0.3, -0.25) is 14.4 Å². The molecule has 9 nitrogen and oxygen atoms in total. The number of anilines is 2. The average Bonchev–Trinajstić information content (AvgIpc) is 3.31. The molecule has 0 radical (unpaired) electrons. The lowest BCUT2D eigenvalue weighted by Crippen LogP contribution is -2.58. The lowest BCUT2D eigenvalue weighted by molar-refractivity contribution is -0.144. The number of aliphatic hydroxyl groups excluding tert-OH is 1. The van der Waals surface area contributed by atoms with Gasteiger partial charge in [0.15, 0.2) is 0 Å². The molecule has 4 aliphatic heterocycles. The molecule has 6 atom stereocenters. The molecular weight excluding hydrogens is 558 g/mol. The molecule has 3 amide bonds. The zero-order valence-corrected chi connectivity index (χ0v) is 24.3. The fourth-order valence-corrected chi connectivity index (χ4v) is 6.98. The van der Waals surface area contributed by atoms with E-state index in [9.17, 15) is 19.5 Å². The summed E-state index contributed by atoms with van der Waals surface area (Å²) in [7, 11) is 0. The number of carbonyl (C=O) groups is 3. The number of rotatable bonds is 7. The lowest BCUT2D eigenvalue weighted by atomic mass is 9.77. The van der Waals surface area contributed by atoms with Crippen molar-refractivity contribution >= 4 is 40.7 Å². The van der Waals surface area contributed by atoms with E-state index in [4.69, 9.17) is 21.1 Å². The molecule has 0 saturated carbocycles. The normalized spacial score (nSPS) is 29.2. The maximum atomic E-state index is 14.4. The molecule has 6 rings (SSSR count). The summed E-state index contributed by atoms with van der Waals surface area (Å²) >= 11 is 6.11. The van der Waals surface area contributed by atoms with Crippen LogP contribution in [0, 0.1) is 11.8 Å². The van der Waals surface area contributed by atoms with Crippen LogP contribution in [0.3, 0.4) is 0 Å². The summed E-state index contributed by atoms with van der Waals surface area (Å²) in [5.74, 6) is -2.04. The molecule has 1 unspecified atom stereocenters. The van der Waals surface area contributed by atoms with Gasteiger partial charge in [0.25, 0.3) is 5.91 Å². The average molecular weight is 592 g/mol. The summed E-state index contributed by atoms with van der Waals surface area (Å²) in [4.78, 5) is 47.9. The summed E-state index contributed by atoms with van der Waals surface area (Å²) < 4.78 is 12.3. The highest BCUT2D eigenvalue weighted by Crippen LogP contribution is 2.54. The second-order valence-corrected chi connectivity index (χ2v) is 11.4. The Balaban J connectivity index is 1.42. The minimum atomic E-state index is -1.38. The van der Waals surface area contributed by atoms with E-state index in [1.54, 1.807) is 40.1 Å². The van der Waals surface area contributed by atoms with Crippen LogP contribution in [-0.4, -0.2) is 77.8 Å². The number of halogens is 1. The number of fused-ring (bicyclic) bond motifs is 2. The molecule has 2 aromatic rings. The van der Waals surface area contributed by atoms with Gasteiger partial charge in [0.2, 0.25) is 11.8 Å². The molecule has 2 aromatic carbocycles. The van der Waals surface area contributed by atoms with Crippen LogP contribution in [0.1, 0.15) is 20.3 Å².